The molecule has 0 spiro atoms. The summed E-state index contributed by atoms with van der Waals surface area (Å²) in [6, 6.07) is 21.4. The van der Waals surface area contributed by atoms with Gasteiger partial charge in [0.15, 0.2) is 0 Å². The van der Waals surface area contributed by atoms with Gasteiger partial charge in [-0.2, -0.15) is 0 Å². The second-order valence-corrected chi connectivity index (χ2v) is 9.17. The Morgan fingerprint density at radius 1 is 1.03 bits per heavy atom. The van der Waals surface area contributed by atoms with Gasteiger partial charge in [0.25, 0.3) is 0 Å². The Morgan fingerprint density at radius 2 is 1.81 bits per heavy atom. The first kappa shape index (κ1) is 21.4. The minimum absolute atomic E-state index is 0.122. The molecule has 0 saturated carbocycles. The monoisotopic (exact) mass is 434 g/mol. The fraction of sp³-hybridized carbons (Fsp3) is 0.320. The van der Waals surface area contributed by atoms with E-state index in [1.165, 1.54) is 22.4 Å². The van der Waals surface area contributed by atoms with Crippen molar-refractivity contribution in [2.45, 2.75) is 25.6 Å². The molecular formula is C25H30N4OS. The molecule has 1 atom stereocenters. The highest BCUT2D eigenvalue weighted by Gasteiger charge is 2.25. The van der Waals surface area contributed by atoms with Crippen LogP contribution in [0.25, 0.3) is 0 Å². The van der Waals surface area contributed by atoms with E-state index in [9.17, 15) is 4.79 Å². The van der Waals surface area contributed by atoms with Crippen molar-refractivity contribution in [2.75, 3.05) is 32.1 Å². The van der Waals surface area contributed by atoms with Crippen LogP contribution in [0.4, 0.5) is 10.5 Å². The molecule has 3 aromatic rings. The van der Waals surface area contributed by atoms with Gasteiger partial charge in [-0.05, 0) is 46.7 Å². The fourth-order valence-corrected chi connectivity index (χ4v) is 4.71. The van der Waals surface area contributed by atoms with E-state index in [0.29, 0.717) is 13.1 Å². The normalized spacial score (nSPS) is 14.5. The lowest BCUT2D eigenvalue weighted by molar-refractivity contribution is 0.174. The maximum absolute atomic E-state index is 12.5. The Bertz CT molecular complexity index is 985. The summed E-state index contributed by atoms with van der Waals surface area (Å²) in [6.07, 6.45) is 1.03. The third kappa shape index (κ3) is 5.46. The van der Waals surface area contributed by atoms with Crippen LogP contribution in [0.5, 0.6) is 0 Å². The van der Waals surface area contributed by atoms with Crippen molar-refractivity contribution in [1.82, 2.24) is 15.5 Å². The van der Waals surface area contributed by atoms with Gasteiger partial charge < -0.3 is 15.5 Å². The van der Waals surface area contributed by atoms with Crippen molar-refractivity contribution in [2.24, 2.45) is 0 Å². The third-order valence-corrected chi connectivity index (χ3v) is 6.73. The number of carbonyl (C=O) groups excluding carboxylic acids is 1. The molecular weight excluding hydrogens is 404 g/mol. The Balaban J connectivity index is 1.46. The van der Waals surface area contributed by atoms with Gasteiger partial charge in [0.2, 0.25) is 0 Å². The Kier molecular flexibility index (Phi) is 6.89. The van der Waals surface area contributed by atoms with Crippen LogP contribution in [0.2, 0.25) is 0 Å². The SMILES string of the molecule is CN(C)c1ccc(C(CNC(=O)NCc2cccs2)N2CCc3ccccc3C2)cc1. The third-order valence-electron chi connectivity index (χ3n) is 5.85. The summed E-state index contributed by atoms with van der Waals surface area (Å²) in [5.41, 5.74) is 5.21. The largest absolute Gasteiger partial charge is 0.378 e. The summed E-state index contributed by atoms with van der Waals surface area (Å²) < 4.78 is 0. The summed E-state index contributed by atoms with van der Waals surface area (Å²) in [6.45, 7) is 3.01. The van der Waals surface area contributed by atoms with Gasteiger partial charge in [-0.25, -0.2) is 4.79 Å². The van der Waals surface area contributed by atoms with Crippen molar-refractivity contribution in [3.8, 4) is 0 Å². The van der Waals surface area contributed by atoms with Crippen LogP contribution in [-0.4, -0.2) is 38.1 Å². The first-order valence-electron chi connectivity index (χ1n) is 10.7. The Hall–Kier alpha value is -2.83. The molecule has 6 heteroatoms. The van der Waals surface area contributed by atoms with E-state index in [4.69, 9.17) is 0 Å². The fourth-order valence-electron chi connectivity index (χ4n) is 4.07. The highest BCUT2D eigenvalue weighted by Crippen LogP contribution is 2.28. The standard InChI is InChI=1S/C25H30N4OS/c1-28(2)22-11-9-20(10-12-22)24(17-27-25(30)26-16-23-8-5-15-31-23)29-14-13-19-6-3-4-7-21(19)18-29/h3-12,15,24H,13-14,16-18H2,1-2H3,(H2,26,27,30). The van der Waals surface area contributed by atoms with E-state index in [0.717, 1.165) is 24.4 Å². The van der Waals surface area contributed by atoms with E-state index in [2.05, 4.69) is 69.0 Å². The molecule has 0 aliphatic carbocycles. The molecule has 1 aromatic heterocycles. The predicted octanol–water partition coefficient (Wildman–Crippen LogP) is 4.41. The van der Waals surface area contributed by atoms with E-state index in [1.54, 1.807) is 11.3 Å². The Labute approximate surface area is 188 Å². The number of urea groups is 1. The number of thiophene rings is 1. The van der Waals surface area contributed by atoms with Crippen LogP contribution in [-0.2, 0) is 19.5 Å². The number of anilines is 1. The van der Waals surface area contributed by atoms with Crippen LogP contribution < -0.4 is 15.5 Å². The summed E-state index contributed by atoms with van der Waals surface area (Å²) in [4.78, 5) is 18.2. The van der Waals surface area contributed by atoms with Crippen molar-refractivity contribution in [3.63, 3.8) is 0 Å². The Morgan fingerprint density at radius 3 is 2.52 bits per heavy atom. The molecule has 1 aliphatic heterocycles. The topological polar surface area (TPSA) is 47.6 Å². The molecule has 0 saturated heterocycles. The minimum Gasteiger partial charge on any atom is -0.378 e. The number of hydrogen-bond donors (Lipinski definition) is 2. The molecule has 2 aromatic carbocycles. The van der Waals surface area contributed by atoms with Gasteiger partial charge in [0, 0.05) is 44.3 Å². The molecule has 2 heterocycles. The highest BCUT2D eigenvalue weighted by atomic mass is 32.1. The van der Waals surface area contributed by atoms with Gasteiger partial charge in [-0.3, -0.25) is 4.90 Å². The molecule has 0 radical (unpaired) electrons. The maximum atomic E-state index is 12.5. The quantitative estimate of drug-likeness (QED) is 0.579. The average molecular weight is 435 g/mol. The van der Waals surface area contributed by atoms with E-state index in [-0.39, 0.29) is 12.1 Å². The average Bonchev–Trinajstić information content (AvgIpc) is 3.32. The summed E-state index contributed by atoms with van der Waals surface area (Å²) in [5.74, 6) is 0. The molecule has 31 heavy (non-hydrogen) atoms. The highest BCUT2D eigenvalue weighted by molar-refractivity contribution is 7.09. The molecule has 2 N–H and O–H groups in total. The van der Waals surface area contributed by atoms with E-state index < -0.39 is 0 Å². The van der Waals surface area contributed by atoms with Gasteiger partial charge >= 0.3 is 6.03 Å². The van der Waals surface area contributed by atoms with Crippen molar-refractivity contribution >= 4 is 23.1 Å². The van der Waals surface area contributed by atoms with Crippen LogP contribution in [0.15, 0.2) is 66.0 Å². The van der Waals surface area contributed by atoms with Crippen molar-refractivity contribution in [3.05, 3.63) is 87.6 Å². The molecule has 1 aliphatic rings. The maximum Gasteiger partial charge on any atom is 0.315 e. The number of hydrogen-bond acceptors (Lipinski definition) is 4. The lowest BCUT2D eigenvalue weighted by atomic mass is 9.96. The van der Waals surface area contributed by atoms with Gasteiger partial charge in [-0.15, -0.1) is 11.3 Å². The van der Waals surface area contributed by atoms with Gasteiger partial charge in [0.05, 0.1) is 12.6 Å². The second-order valence-electron chi connectivity index (χ2n) is 8.13. The number of fused-ring (bicyclic) bond motifs is 1. The van der Waals surface area contributed by atoms with E-state index in [1.807, 2.05) is 31.6 Å². The van der Waals surface area contributed by atoms with Gasteiger partial charge in [0.1, 0.15) is 0 Å². The lowest BCUT2D eigenvalue weighted by Crippen LogP contribution is -2.43. The molecule has 2 amide bonds. The number of amides is 2. The molecule has 4 rings (SSSR count). The molecule has 1 unspecified atom stereocenters. The number of carbonyl (C=O) groups is 1. The van der Waals surface area contributed by atoms with Gasteiger partial charge in [-0.1, -0.05) is 42.5 Å². The predicted molar refractivity (Wildman–Crippen MR) is 129 cm³/mol. The smallest absolute Gasteiger partial charge is 0.315 e. The minimum atomic E-state index is -0.124. The lowest BCUT2D eigenvalue weighted by Gasteiger charge is -2.36. The molecule has 162 valence electrons. The summed E-state index contributed by atoms with van der Waals surface area (Å²) >= 11 is 1.65. The molecule has 0 fully saturated rings. The van der Waals surface area contributed by atoms with Crippen molar-refractivity contribution < 1.29 is 4.79 Å². The number of rotatable bonds is 7. The summed E-state index contributed by atoms with van der Waals surface area (Å²) in [5, 5.41) is 8.10. The summed E-state index contributed by atoms with van der Waals surface area (Å²) in [7, 11) is 4.10. The number of nitrogens with zero attached hydrogens (tertiary/aromatic N) is 2. The number of nitrogens with one attached hydrogen (secondary N) is 2. The zero-order valence-corrected chi connectivity index (χ0v) is 19.0. The zero-order chi connectivity index (χ0) is 21.6. The second kappa shape index (κ2) is 9.98. The van der Waals surface area contributed by atoms with Crippen molar-refractivity contribution in [1.29, 1.82) is 0 Å². The number of benzene rings is 2. The van der Waals surface area contributed by atoms with Crippen LogP contribution >= 0.6 is 11.3 Å². The molecule has 0 bridgehead atoms. The molecule has 5 nitrogen and oxygen atoms in total. The van der Waals surface area contributed by atoms with Crippen LogP contribution in [0.3, 0.4) is 0 Å². The van der Waals surface area contributed by atoms with Crippen LogP contribution in [0, 0.1) is 0 Å². The van der Waals surface area contributed by atoms with Crippen LogP contribution in [0.1, 0.15) is 27.6 Å². The first-order valence-corrected chi connectivity index (χ1v) is 11.6. The van der Waals surface area contributed by atoms with E-state index >= 15 is 0 Å². The first-order chi connectivity index (χ1) is 15.1. The zero-order valence-electron chi connectivity index (χ0n) is 18.2.